The Bertz CT molecular complexity index is 1040. The summed E-state index contributed by atoms with van der Waals surface area (Å²) in [7, 11) is 0. The molecule has 3 aromatic rings. The van der Waals surface area contributed by atoms with Crippen LogP contribution in [-0.2, 0) is 4.79 Å². The molecule has 1 aliphatic carbocycles. The fourth-order valence-electron chi connectivity index (χ4n) is 3.56. The van der Waals surface area contributed by atoms with E-state index in [2.05, 4.69) is 52.1 Å². The molecule has 1 unspecified atom stereocenters. The minimum absolute atomic E-state index is 0.0215. The third kappa shape index (κ3) is 4.29. The van der Waals surface area contributed by atoms with Crippen LogP contribution in [0.5, 0.6) is 0 Å². The van der Waals surface area contributed by atoms with Crippen LogP contribution in [0.4, 0.5) is 5.69 Å². The highest BCUT2D eigenvalue weighted by atomic mass is 32.2. The Morgan fingerprint density at radius 1 is 1.07 bits per heavy atom. The standard InChI is InChI=1S/C24H28N4OS/c1-15(2)20-12-8-9-16(3)21(20)25-23(29)17(4)30-24-27-26-22(18-13-14-18)28(24)19-10-6-5-7-11-19/h5-12,15,17-18H,13-14H2,1-4H3,(H,25,29). The first-order valence-electron chi connectivity index (χ1n) is 10.5. The molecule has 5 nitrogen and oxygen atoms in total. The second kappa shape index (κ2) is 8.64. The number of aromatic nitrogens is 3. The van der Waals surface area contributed by atoms with Crippen molar-refractivity contribution in [1.29, 1.82) is 0 Å². The minimum Gasteiger partial charge on any atom is -0.325 e. The molecule has 1 atom stereocenters. The summed E-state index contributed by atoms with van der Waals surface area (Å²) in [6, 6.07) is 16.3. The third-order valence-electron chi connectivity index (χ3n) is 5.44. The highest BCUT2D eigenvalue weighted by Crippen LogP contribution is 2.41. The highest BCUT2D eigenvalue weighted by molar-refractivity contribution is 8.00. The van der Waals surface area contributed by atoms with E-state index >= 15 is 0 Å². The van der Waals surface area contributed by atoms with Gasteiger partial charge in [-0.05, 0) is 55.9 Å². The van der Waals surface area contributed by atoms with E-state index in [1.165, 1.54) is 11.8 Å². The summed E-state index contributed by atoms with van der Waals surface area (Å²) in [6.07, 6.45) is 2.30. The number of carbonyl (C=O) groups excluding carboxylic acids is 1. The van der Waals surface area contributed by atoms with Gasteiger partial charge in [0.1, 0.15) is 5.82 Å². The van der Waals surface area contributed by atoms with E-state index in [-0.39, 0.29) is 11.2 Å². The van der Waals surface area contributed by atoms with Crippen LogP contribution in [0.15, 0.2) is 53.7 Å². The maximum atomic E-state index is 13.1. The molecule has 156 valence electrons. The number of nitrogens with zero attached hydrogens (tertiary/aromatic N) is 3. The number of rotatable bonds is 7. The monoisotopic (exact) mass is 420 g/mol. The van der Waals surface area contributed by atoms with Crippen molar-refractivity contribution in [1.82, 2.24) is 14.8 Å². The second-order valence-electron chi connectivity index (χ2n) is 8.23. The Morgan fingerprint density at radius 2 is 1.80 bits per heavy atom. The molecule has 0 bridgehead atoms. The Morgan fingerprint density at radius 3 is 2.47 bits per heavy atom. The predicted octanol–water partition coefficient (Wildman–Crippen LogP) is 5.70. The van der Waals surface area contributed by atoms with E-state index in [1.807, 2.05) is 44.2 Å². The zero-order valence-electron chi connectivity index (χ0n) is 17.9. The number of benzene rings is 2. The largest absolute Gasteiger partial charge is 0.325 e. The topological polar surface area (TPSA) is 59.8 Å². The number of thioether (sulfide) groups is 1. The number of hydrogen-bond acceptors (Lipinski definition) is 4. The predicted molar refractivity (Wildman–Crippen MR) is 123 cm³/mol. The average molecular weight is 421 g/mol. The summed E-state index contributed by atoms with van der Waals surface area (Å²) in [5.74, 6) is 1.78. The quantitative estimate of drug-likeness (QED) is 0.498. The molecular weight excluding hydrogens is 392 g/mol. The van der Waals surface area contributed by atoms with Crippen LogP contribution >= 0.6 is 11.8 Å². The number of amides is 1. The molecule has 2 aromatic carbocycles. The van der Waals surface area contributed by atoms with Crippen LogP contribution in [0.25, 0.3) is 5.69 Å². The van der Waals surface area contributed by atoms with Crippen LogP contribution in [0, 0.1) is 6.92 Å². The summed E-state index contributed by atoms with van der Waals surface area (Å²) in [6.45, 7) is 8.25. The smallest absolute Gasteiger partial charge is 0.237 e. The molecule has 0 aliphatic heterocycles. The molecule has 30 heavy (non-hydrogen) atoms. The summed E-state index contributed by atoms with van der Waals surface area (Å²) in [5.41, 5.74) is 4.20. The summed E-state index contributed by atoms with van der Waals surface area (Å²) < 4.78 is 2.11. The maximum Gasteiger partial charge on any atom is 0.237 e. The fourth-order valence-corrected chi connectivity index (χ4v) is 4.44. The summed E-state index contributed by atoms with van der Waals surface area (Å²) >= 11 is 1.46. The lowest BCUT2D eigenvalue weighted by Gasteiger charge is -2.18. The van der Waals surface area contributed by atoms with Gasteiger partial charge in [-0.3, -0.25) is 9.36 Å². The average Bonchev–Trinajstić information content (AvgIpc) is 3.50. The lowest BCUT2D eigenvalue weighted by molar-refractivity contribution is -0.115. The van der Waals surface area contributed by atoms with Crippen molar-refractivity contribution in [2.45, 2.75) is 62.8 Å². The highest BCUT2D eigenvalue weighted by Gasteiger charge is 2.32. The molecule has 6 heteroatoms. The number of aryl methyl sites for hydroxylation is 1. The molecule has 1 N–H and O–H groups in total. The Kier molecular flexibility index (Phi) is 5.95. The molecule has 0 saturated heterocycles. The van der Waals surface area contributed by atoms with Gasteiger partial charge in [0.05, 0.1) is 5.25 Å². The van der Waals surface area contributed by atoms with Gasteiger partial charge in [-0.15, -0.1) is 10.2 Å². The van der Waals surface area contributed by atoms with Crippen LogP contribution in [0.2, 0.25) is 0 Å². The number of nitrogens with one attached hydrogen (secondary N) is 1. The molecule has 1 aliphatic rings. The van der Waals surface area contributed by atoms with Gasteiger partial charge in [-0.1, -0.05) is 62.0 Å². The Balaban J connectivity index is 1.57. The van der Waals surface area contributed by atoms with Crippen molar-refractivity contribution in [3.63, 3.8) is 0 Å². The van der Waals surface area contributed by atoms with Crippen molar-refractivity contribution >= 4 is 23.4 Å². The van der Waals surface area contributed by atoms with Crippen molar-refractivity contribution in [2.24, 2.45) is 0 Å². The number of carbonyl (C=O) groups is 1. The first-order chi connectivity index (χ1) is 14.5. The van der Waals surface area contributed by atoms with Gasteiger partial charge >= 0.3 is 0 Å². The molecule has 1 aromatic heterocycles. The van der Waals surface area contributed by atoms with Gasteiger partial charge in [0, 0.05) is 17.3 Å². The number of para-hydroxylation sites is 2. The molecule has 1 amide bonds. The fraction of sp³-hybridized carbons (Fsp3) is 0.375. The first-order valence-corrected chi connectivity index (χ1v) is 11.4. The maximum absolute atomic E-state index is 13.1. The van der Waals surface area contributed by atoms with Gasteiger partial charge in [0.15, 0.2) is 5.16 Å². The summed E-state index contributed by atoms with van der Waals surface area (Å²) in [5, 5.41) is 12.5. The Labute approximate surface area is 182 Å². The van der Waals surface area contributed by atoms with Crippen LogP contribution in [-0.4, -0.2) is 25.9 Å². The van der Waals surface area contributed by atoms with Crippen molar-refractivity contribution in [3.8, 4) is 5.69 Å². The normalized spacial score (nSPS) is 14.7. The Hall–Kier alpha value is -2.60. The van der Waals surface area contributed by atoms with Gasteiger partial charge in [0.2, 0.25) is 5.91 Å². The molecule has 1 heterocycles. The van der Waals surface area contributed by atoms with Crippen molar-refractivity contribution in [2.75, 3.05) is 5.32 Å². The SMILES string of the molecule is Cc1cccc(C(C)C)c1NC(=O)C(C)Sc1nnc(C2CC2)n1-c1ccccc1. The van der Waals surface area contributed by atoms with Crippen molar-refractivity contribution in [3.05, 3.63) is 65.5 Å². The molecule has 0 radical (unpaired) electrons. The number of anilines is 1. The van der Waals surface area contributed by atoms with Crippen LogP contribution in [0.1, 0.15) is 62.4 Å². The zero-order valence-corrected chi connectivity index (χ0v) is 18.7. The number of hydrogen-bond donors (Lipinski definition) is 1. The zero-order chi connectivity index (χ0) is 21.3. The van der Waals surface area contributed by atoms with E-state index in [1.54, 1.807) is 0 Å². The van der Waals surface area contributed by atoms with Crippen LogP contribution < -0.4 is 5.32 Å². The molecule has 1 fully saturated rings. The molecule has 1 saturated carbocycles. The van der Waals surface area contributed by atoms with E-state index in [4.69, 9.17) is 0 Å². The van der Waals surface area contributed by atoms with E-state index in [0.717, 1.165) is 46.3 Å². The third-order valence-corrected chi connectivity index (χ3v) is 6.48. The van der Waals surface area contributed by atoms with Gasteiger partial charge in [0.25, 0.3) is 0 Å². The van der Waals surface area contributed by atoms with E-state index in [0.29, 0.717) is 11.8 Å². The lowest BCUT2D eigenvalue weighted by Crippen LogP contribution is -2.24. The molecule has 4 rings (SSSR count). The van der Waals surface area contributed by atoms with Gasteiger partial charge in [-0.25, -0.2) is 0 Å². The second-order valence-corrected chi connectivity index (χ2v) is 9.54. The first kappa shape index (κ1) is 20.7. The van der Waals surface area contributed by atoms with E-state index < -0.39 is 0 Å². The van der Waals surface area contributed by atoms with E-state index in [9.17, 15) is 4.79 Å². The van der Waals surface area contributed by atoms with Gasteiger partial charge < -0.3 is 5.32 Å². The minimum atomic E-state index is -0.302. The van der Waals surface area contributed by atoms with Crippen LogP contribution in [0.3, 0.4) is 0 Å². The van der Waals surface area contributed by atoms with Crippen molar-refractivity contribution < 1.29 is 4.79 Å². The van der Waals surface area contributed by atoms with Gasteiger partial charge in [-0.2, -0.15) is 0 Å². The summed E-state index contributed by atoms with van der Waals surface area (Å²) in [4.78, 5) is 13.1. The lowest BCUT2D eigenvalue weighted by atomic mass is 9.98. The molecule has 0 spiro atoms. The molecular formula is C24H28N4OS.